The van der Waals surface area contributed by atoms with Crippen LogP contribution in [-0.2, 0) is 9.59 Å². The summed E-state index contributed by atoms with van der Waals surface area (Å²) in [7, 11) is 1.59. The van der Waals surface area contributed by atoms with Gasteiger partial charge in [0.05, 0.1) is 7.11 Å². The summed E-state index contributed by atoms with van der Waals surface area (Å²) in [6.45, 7) is 1.87. The fourth-order valence-corrected chi connectivity index (χ4v) is 2.74. The molecule has 1 aliphatic rings. The van der Waals surface area contributed by atoms with E-state index in [1.807, 2.05) is 24.3 Å². The largest absolute Gasteiger partial charge is 0.496 e. The third kappa shape index (κ3) is 2.52. The molecule has 1 fully saturated rings. The van der Waals surface area contributed by atoms with Crippen LogP contribution in [0.5, 0.6) is 5.75 Å². The predicted molar refractivity (Wildman–Crippen MR) is 89.4 cm³/mol. The van der Waals surface area contributed by atoms with Crippen molar-refractivity contribution in [2.75, 3.05) is 13.7 Å². The van der Waals surface area contributed by atoms with Gasteiger partial charge in [-0.15, -0.1) is 0 Å². The highest BCUT2D eigenvalue weighted by atomic mass is 16.5. The van der Waals surface area contributed by atoms with Crippen LogP contribution in [0.15, 0.2) is 42.0 Å². The minimum Gasteiger partial charge on any atom is -0.496 e. The lowest BCUT2D eigenvalue weighted by molar-refractivity contribution is -0.129. The Morgan fingerprint density at radius 2 is 1.79 bits per heavy atom. The van der Waals surface area contributed by atoms with Crippen molar-refractivity contribution in [1.82, 2.24) is 10.2 Å². The molecule has 1 saturated heterocycles. The molecule has 1 aliphatic heterocycles. The second-order valence-electron chi connectivity index (χ2n) is 5.27. The lowest BCUT2D eigenvalue weighted by atomic mass is 10.00. The Balaban J connectivity index is 2.14. The number of carbonyl (C=O) groups is 3. The number of fused-ring (bicyclic) bond motifs is 1. The fourth-order valence-electron chi connectivity index (χ4n) is 2.74. The molecule has 6 nitrogen and oxygen atoms in total. The number of nitrogens with one attached hydrogen (secondary N) is 1. The molecule has 1 heterocycles. The summed E-state index contributed by atoms with van der Waals surface area (Å²) in [5, 5.41) is 3.91. The second-order valence-corrected chi connectivity index (χ2v) is 5.27. The van der Waals surface area contributed by atoms with Gasteiger partial charge in [0, 0.05) is 11.9 Å². The molecule has 0 aromatic heterocycles. The Kier molecular flexibility index (Phi) is 4.04. The highest BCUT2D eigenvalue weighted by Crippen LogP contribution is 2.30. The Morgan fingerprint density at radius 1 is 1.08 bits per heavy atom. The molecule has 122 valence electrons. The molecule has 2 aromatic carbocycles. The van der Waals surface area contributed by atoms with E-state index in [1.165, 1.54) is 6.08 Å². The average molecular weight is 324 g/mol. The summed E-state index contributed by atoms with van der Waals surface area (Å²) in [4.78, 5) is 37.1. The summed E-state index contributed by atoms with van der Waals surface area (Å²) in [6, 6.07) is 10.4. The van der Waals surface area contributed by atoms with Crippen molar-refractivity contribution in [2.24, 2.45) is 0 Å². The molecule has 0 spiro atoms. The number of imide groups is 2. The van der Waals surface area contributed by atoms with Gasteiger partial charge in [-0.25, -0.2) is 4.79 Å². The number of rotatable bonds is 3. The SMILES string of the molecule is CCN1C(=O)NC(=O)/C(=C/c2ccc(OC)c3ccccc23)C1=O. The Bertz CT molecular complexity index is 886. The van der Waals surface area contributed by atoms with E-state index in [-0.39, 0.29) is 12.1 Å². The second kappa shape index (κ2) is 6.16. The number of barbiturate groups is 1. The lowest BCUT2D eigenvalue weighted by Gasteiger charge is -2.25. The summed E-state index contributed by atoms with van der Waals surface area (Å²) < 4.78 is 5.34. The Labute approximate surface area is 138 Å². The molecule has 0 aliphatic carbocycles. The highest BCUT2D eigenvalue weighted by Gasteiger charge is 2.34. The molecular weight excluding hydrogens is 308 g/mol. The number of hydrogen-bond acceptors (Lipinski definition) is 4. The molecular formula is C18H16N2O4. The van der Waals surface area contributed by atoms with Gasteiger partial charge in [-0.3, -0.25) is 19.8 Å². The summed E-state index contributed by atoms with van der Waals surface area (Å²) in [5.74, 6) is -0.571. The molecule has 0 saturated carbocycles. The van der Waals surface area contributed by atoms with Crippen LogP contribution in [0.4, 0.5) is 4.79 Å². The average Bonchev–Trinajstić information content (AvgIpc) is 2.58. The van der Waals surface area contributed by atoms with Crippen LogP contribution >= 0.6 is 0 Å². The van der Waals surface area contributed by atoms with Gasteiger partial charge in [0.25, 0.3) is 11.8 Å². The van der Waals surface area contributed by atoms with Crippen molar-refractivity contribution in [2.45, 2.75) is 6.92 Å². The Hall–Kier alpha value is -3.15. The van der Waals surface area contributed by atoms with E-state index >= 15 is 0 Å². The van der Waals surface area contributed by atoms with Crippen molar-refractivity contribution < 1.29 is 19.1 Å². The van der Waals surface area contributed by atoms with Gasteiger partial charge in [0.1, 0.15) is 11.3 Å². The van der Waals surface area contributed by atoms with Crippen LogP contribution in [-0.4, -0.2) is 36.4 Å². The van der Waals surface area contributed by atoms with E-state index in [4.69, 9.17) is 4.74 Å². The lowest BCUT2D eigenvalue weighted by Crippen LogP contribution is -2.53. The summed E-state index contributed by atoms with van der Waals surface area (Å²) in [5.41, 5.74) is 0.641. The summed E-state index contributed by atoms with van der Waals surface area (Å²) in [6.07, 6.45) is 1.51. The Morgan fingerprint density at radius 3 is 2.46 bits per heavy atom. The van der Waals surface area contributed by atoms with Crippen LogP contribution in [0.25, 0.3) is 16.8 Å². The van der Waals surface area contributed by atoms with Crippen LogP contribution in [0.1, 0.15) is 12.5 Å². The standard InChI is InChI=1S/C18H16N2O4/c1-3-20-17(22)14(16(21)19-18(20)23)10-11-8-9-15(24-2)13-7-5-4-6-12(11)13/h4-10H,3H2,1-2H3,(H,19,21,23)/b14-10-. The van der Waals surface area contributed by atoms with Gasteiger partial charge < -0.3 is 4.74 Å². The summed E-state index contributed by atoms with van der Waals surface area (Å²) >= 11 is 0. The maximum atomic E-state index is 12.4. The number of carbonyl (C=O) groups excluding carboxylic acids is 3. The molecule has 24 heavy (non-hydrogen) atoms. The van der Waals surface area contributed by atoms with Crippen LogP contribution in [0, 0.1) is 0 Å². The number of hydrogen-bond donors (Lipinski definition) is 1. The third-order valence-corrected chi connectivity index (χ3v) is 3.94. The van der Waals surface area contributed by atoms with E-state index in [9.17, 15) is 14.4 Å². The molecule has 0 unspecified atom stereocenters. The number of likely N-dealkylation sites (N-methyl/N-ethyl adjacent to an activating group) is 1. The van der Waals surface area contributed by atoms with Gasteiger partial charge in [-0.2, -0.15) is 0 Å². The van der Waals surface area contributed by atoms with Crippen molar-refractivity contribution in [3.05, 3.63) is 47.5 Å². The first-order chi connectivity index (χ1) is 11.6. The van der Waals surface area contributed by atoms with Gasteiger partial charge in [-0.05, 0) is 30.0 Å². The van der Waals surface area contributed by atoms with Gasteiger partial charge in [-0.1, -0.05) is 30.3 Å². The van der Waals surface area contributed by atoms with E-state index < -0.39 is 17.8 Å². The van der Waals surface area contributed by atoms with Gasteiger partial charge in [0.2, 0.25) is 0 Å². The highest BCUT2D eigenvalue weighted by molar-refractivity contribution is 6.31. The number of nitrogens with zero attached hydrogens (tertiary/aromatic N) is 1. The minimum atomic E-state index is -0.691. The predicted octanol–water partition coefficient (Wildman–Crippen LogP) is 2.33. The van der Waals surface area contributed by atoms with Crippen molar-refractivity contribution in [3.63, 3.8) is 0 Å². The first-order valence-electron chi connectivity index (χ1n) is 7.51. The van der Waals surface area contributed by atoms with Crippen molar-refractivity contribution in [3.8, 4) is 5.75 Å². The smallest absolute Gasteiger partial charge is 0.331 e. The first-order valence-corrected chi connectivity index (χ1v) is 7.51. The maximum absolute atomic E-state index is 12.4. The normalized spacial score (nSPS) is 16.7. The molecule has 4 amide bonds. The molecule has 6 heteroatoms. The molecule has 3 rings (SSSR count). The van der Waals surface area contributed by atoms with Crippen LogP contribution in [0.3, 0.4) is 0 Å². The zero-order valence-electron chi connectivity index (χ0n) is 13.3. The zero-order chi connectivity index (χ0) is 17.3. The number of ether oxygens (including phenoxy) is 1. The van der Waals surface area contributed by atoms with E-state index in [2.05, 4.69) is 5.32 Å². The monoisotopic (exact) mass is 324 g/mol. The van der Waals surface area contributed by atoms with E-state index in [0.29, 0.717) is 11.3 Å². The molecule has 1 N–H and O–H groups in total. The van der Waals surface area contributed by atoms with Crippen LogP contribution in [0.2, 0.25) is 0 Å². The van der Waals surface area contributed by atoms with E-state index in [1.54, 1.807) is 26.2 Å². The number of urea groups is 1. The minimum absolute atomic E-state index is 0.0632. The molecule has 0 bridgehead atoms. The maximum Gasteiger partial charge on any atom is 0.331 e. The quantitative estimate of drug-likeness (QED) is 0.694. The topological polar surface area (TPSA) is 75.7 Å². The fraction of sp³-hybridized carbons (Fsp3) is 0.167. The third-order valence-electron chi connectivity index (χ3n) is 3.94. The molecule has 0 radical (unpaired) electrons. The van der Waals surface area contributed by atoms with Crippen LogP contribution < -0.4 is 10.1 Å². The van der Waals surface area contributed by atoms with Gasteiger partial charge >= 0.3 is 6.03 Å². The van der Waals surface area contributed by atoms with Crippen molar-refractivity contribution in [1.29, 1.82) is 0 Å². The van der Waals surface area contributed by atoms with Crippen molar-refractivity contribution >= 4 is 34.7 Å². The van der Waals surface area contributed by atoms with E-state index in [0.717, 1.165) is 15.7 Å². The molecule has 0 atom stereocenters. The number of methoxy groups -OCH3 is 1. The van der Waals surface area contributed by atoms with Gasteiger partial charge in [0.15, 0.2) is 0 Å². The molecule has 2 aromatic rings. The number of benzene rings is 2. The first kappa shape index (κ1) is 15.7. The number of amides is 4. The zero-order valence-corrected chi connectivity index (χ0v) is 13.3.